The number of piperidine rings is 1. The Morgan fingerprint density at radius 2 is 1.95 bits per heavy atom. The van der Waals surface area contributed by atoms with Gasteiger partial charge < -0.3 is 14.6 Å². The second kappa shape index (κ2) is 12.1. The second-order valence-electron chi connectivity index (χ2n) is 9.16. The third-order valence-corrected chi connectivity index (χ3v) is 6.12. The van der Waals surface area contributed by atoms with E-state index in [9.17, 15) is 13.6 Å². The predicted molar refractivity (Wildman–Crippen MR) is 137 cm³/mol. The van der Waals surface area contributed by atoms with E-state index in [2.05, 4.69) is 17.0 Å². The molecule has 0 radical (unpaired) electrons. The van der Waals surface area contributed by atoms with Gasteiger partial charge in [-0.05, 0) is 24.8 Å². The first kappa shape index (κ1) is 27.9. The molecule has 4 rings (SSSR count). The molecule has 4 heterocycles. The lowest BCUT2D eigenvalue weighted by Crippen LogP contribution is -2.43. The number of hydrogen-bond acceptors (Lipinski definition) is 6. The van der Waals surface area contributed by atoms with Crippen LogP contribution in [0.1, 0.15) is 57.0 Å². The van der Waals surface area contributed by atoms with Gasteiger partial charge in [0.25, 0.3) is 17.5 Å². The summed E-state index contributed by atoms with van der Waals surface area (Å²) in [6.07, 6.45) is 8.09. The molecule has 0 aromatic carbocycles. The summed E-state index contributed by atoms with van der Waals surface area (Å²) < 4.78 is 31.3. The molecule has 1 fully saturated rings. The molecule has 0 aliphatic carbocycles. The fraction of sp³-hybridized carbons (Fsp3) is 0.500. The Kier molecular flexibility index (Phi) is 9.12. The Morgan fingerprint density at radius 3 is 2.59 bits per heavy atom. The zero-order chi connectivity index (χ0) is 27.2. The lowest BCUT2D eigenvalue weighted by atomic mass is 10.1. The lowest BCUT2D eigenvalue weighted by molar-refractivity contribution is -0.134. The summed E-state index contributed by atoms with van der Waals surface area (Å²) in [6, 6.07) is 3.46. The minimum absolute atomic E-state index is 0.0816. The van der Waals surface area contributed by atoms with Crippen LogP contribution in [0.5, 0.6) is 0 Å². The van der Waals surface area contributed by atoms with E-state index in [1.54, 1.807) is 32.6 Å². The molecule has 0 unspecified atom stereocenters. The molecule has 1 N–H and O–H groups in total. The molecular formula is C26H34F2N6O3. The third kappa shape index (κ3) is 7.21. The van der Waals surface area contributed by atoms with Crippen molar-refractivity contribution in [3.05, 3.63) is 58.0 Å². The molecule has 9 nitrogen and oxygen atoms in total. The molecule has 1 saturated heterocycles. The van der Waals surface area contributed by atoms with Crippen LogP contribution in [0.3, 0.4) is 0 Å². The van der Waals surface area contributed by atoms with Crippen molar-refractivity contribution in [2.75, 3.05) is 18.0 Å². The fourth-order valence-corrected chi connectivity index (χ4v) is 4.38. The number of aromatic nitrogens is 5. The van der Waals surface area contributed by atoms with Gasteiger partial charge in [0, 0.05) is 39.2 Å². The topological polar surface area (TPSA) is 106 Å². The van der Waals surface area contributed by atoms with E-state index in [0.717, 1.165) is 42.3 Å². The summed E-state index contributed by atoms with van der Waals surface area (Å²) in [6.45, 7) is 5.75. The van der Waals surface area contributed by atoms with Gasteiger partial charge >= 0.3 is 0 Å². The van der Waals surface area contributed by atoms with E-state index in [4.69, 9.17) is 14.9 Å². The highest BCUT2D eigenvalue weighted by atomic mass is 19.3. The maximum atomic E-state index is 14.0. The Hall–Kier alpha value is -3.63. The second-order valence-corrected chi connectivity index (χ2v) is 9.16. The molecule has 1 aliphatic heterocycles. The van der Waals surface area contributed by atoms with Gasteiger partial charge in [-0.3, -0.25) is 14.3 Å². The zero-order valence-corrected chi connectivity index (χ0v) is 21.7. The first-order valence-corrected chi connectivity index (χ1v) is 12.4. The number of carbonyl (C=O) groups is 1. The molecule has 0 amide bonds. The molecular weight excluding hydrogens is 482 g/mol. The van der Waals surface area contributed by atoms with Crippen molar-refractivity contribution in [2.45, 2.75) is 65.3 Å². The maximum Gasteiger partial charge on any atom is 0.300 e. The molecule has 3 aromatic heterocycles. The van der Waals surface area contributed by atoms with Gasteiger partial charge in [-0.25, -0.2) is 18.7 Å². The van der Waals surface area contributed by atoms with Crippen LogP contribution < -0.4 is 10.5 Å². The van der Waals surface area contributed by atoms with Crippen molar-refractivity contribution >= 4 is 11.7 Å². The van der Waals surface area contributed by atoms with Gasteiger partial charge in [0.2, 0.25) is 0 Å². The monoisotopic (exact) mass is 516 g/mol. The molecule has 1 aliphatic rings. The van der Waals surface area contributed by atoms with E-state index in [0.29, 0.717) is 37.4 Å². The number of carboxylic acid groups (broad SMARTS) is 1. The number of hydrogen-bond donors (Lipinski definition) is 1. The van der Waals surface area contributed by atoms with Crippen molar-refractivity contribution in [1.29, 1.82) is 0 Å². The average molecular weight is 517 g/mol. The molecule has 3 aromatic rings. The summed E-state index contributed by atoms with van der Waals surface area (Å²) in [4.78, 5) is 32.4. The molecule has 0 atom stereocenters. The Morgan fingerprint density at radius 1 is 1.22 bits per heavy atom. The van der Waals surface area contributed by atoms with E-state index in [1.807, 2.05) is 26.2 Å². The Labute approximate surface area is 214 Å². The van der Waals surface area contributed by atoms with Gasteiger partial charge in [-0.2, -0.15) is 5.10 Å². The maximum absolute atomic E-state index is 14.0. The third-order valence-electron chi connectivity index (χ3n) is 6.12. The number of aryl methyl sites for hydroxylation is 3. The summed E-state index contributed by atoms with van der Waals surface area (Å²) in [5.41, 5.74) is 3.95. The van der Waals surface area contributed by atoms with Crippen LogP contribution in [-0.2, 0) is 31.2 Å². The fourth-order valence-electron chi connectivity index (χ4n) is 4.38. The minimum atomic E-state index is -2.70. The Bertz CT molecular complexity index is 1280. The minimum Gasteiger partial charge on any atom is -0.481 e. The van der Waals surface area contributed by atoms with Crippen molar-refractivity contribution in [2.24, 2.45) is 7.05 Å². The number of halogens is 2. The first-order chi connectivity index (χ1) is 17.5. The van der Waals surface area contributed by atoms with Gasteiger partial charge in [-0.15, -0.1) is 0 Å². The van der Waals surface area contributed by atoms with Gasteiger partial charge in [0.05, 0.1) is 48.1 Å². The number of alkyl halides is 2. The number of nitrogens with zero attached hydrogens (tertiary/aromatic N) is 6. The van der Waals surface area contributed by atoms with E-state index >= 15 is 0 Å². The highest BCUT2D eigenvalue weighted by Crippen LogP contribution is 2.32. The van der Waals surface area contributed by atoms with Crippen LogP contribution in [0, 0.1) is 0 Å². The van der Waals surface area contributed by atoms with E-state index < -0.39 is 11.9 Å². The van der Waals surface area contributed by atoms with Crippen molar-refractivity contribution in [3.8, 4) is 11.4 Å². The van der Waals surface area contributed by atoms with E-state index in [1.165, 1.54) is 0 Å². The molecule has 0 bridgehead atoms. The first-order valence-electron chi connectivity index (χ1n) is 12.4. The van der Waals surface area contributed by atoms with Crippen LogP contribution in [0.15, 0.2) is 35.5 Å². The predicted octanol–water partition coefficient (Wildman–Crippen LogP) is 3.93. The van der Waals surface area contributed by atoms with Crippen molar-refractivity contribution in [1.82, 2.24) is 24.3 Å². The summed E-state index contributed by atoms with van der Waals surface area (Å²) in [7, 11) is 1.82. The van der Waals surface area contributed by atoms with Crippen LogP contribution in [-0.4, -0.2) is 54.4 Å². The lowest BCUT2D eigenvalue weighted by Gasteiger charge is -2.34. The number of aliphatic carboxylic acids is 1. The normalized spacial score (nSPS) is 14.7. The smallest absolute Gasteiger partial charge is 0.300 e. The standard InChI is InChI=1S/C24H30F2N6O.C2H4O2/c1-4-7-17-8-9-22(33)32(14-17)15-21-18(12-28-30(21)3)23-27-13-20(19(5-2)29-23)31-11-6-10-24(25,26)16-31;1-2(3)4/h8-9,12-14H,4-7,10-11,15-16H2,1-3H3;1H3,(H,3,4). The average Bonchev–Trinajstić information content (AvgIpc) is 3.20. The zero-order valence-electron chi connectivity index (χ0n) is 21.7. The molecule has 200 valence electrons. The van der Waals surface area contributed by atoms with Crippen LogP contribution in [0.2, 0.25) is 0 Å². The van der Waals surface area contributed by atoms with Gasteiger partial charge in [0.1, 0.15) is 0 Å². The van der Waals surface area contributed by atoms with Crippen LogP contribution in [0.25, 0.3) is 11.4 Å². The summed E-state index contributed by atoms with van der Waals surface area (Å²) >= 11 is 0. The number of anilines is 1. The van der Waals surface area contributed by atoms with Crippen LogP contribution >= 0.6 is 0 Å². The van der Waals surface area contributed by atoms with Gasteiger partial charge in [-0.1, -0.05) is 26.3 Å². The Balaban J connectivity index is 0.000000886. The van der Waals surface area contributed by atoms with Crippen molar-refractivity contribution in [3.63, 3.8) is 0 Å². The number of carboxylic acids is 1. The molecule has 0 saturated carbocycles. The number of pyridine rings is 1. The quantitative estimate of drug-likeness (QED) is 0.507. The van der Waals surface area contributed by atoms with Crippen molar-refractivity contribution < 1.29 is 18.7 Å². The van der Waals surface area contributed by atoms with Gasteiger partial charge in [0.15, 0.2) is 5.82 Å². The molecule has 0 spiro atoms. The van der Waals surface area contributed by atoms with Crippen LogP contribution in [0.4, 0.5) is 14.5 Å². The highest BCUT2D eigenvalue weighted by Gasteiger charge is 2.36. The molecule has 37 heavy (non-hydrogen) atoms. The van der Waals surface area contributed by atoms with E-state index in [-0.39, 0.29) is 18.5 Å². The highest BCUT2D eigenvalue weighted by molar-refractivity contribution is 5.63. The molecule has 11 heteroatoms. The summed E-state index contributed by atoms with van der Waals surface area (Å²) in [5.74, 6) is -3.04. The SMILES string of the molecule is CC(=O)O.CCCc1ccc(=O)n(Cc2c(-c3ncc(N4CCCC(F)(F)C4)c(CC)n3)cnn2C)c1. The largest absolute Gasteiger partial charge is 0.481 e. The summed E-state index contributed by atoms with van der Waals surface area (Å²) in [5, 5.41) is 11.8. The number of rotatable bonds is 7.